The molecule has 0 aliphatic rings. The zero-order valence-corrected chi connectivity index (χ0v) is 13.4. The number of nitro groups is 1. The molecule has 0 saturated heterocycles. The Morgan fingerprint density at radius 3 is 2.52 bits per heavy atom. The maximum Gasteiger partial charge on any atom is 0.289 e. The first-order chi connectivity index (χ1) is 9.86. The number of amides is 1. The standard InChI is InChI=1S/C13H7BrCl2N2O3/c14-8-3-7(4-9(15)5-8)13(19)17-10-1-2-11(16)12(6-10)18(20)21/h1-6H,(H,17,19). The number of nitro benzene ring substituents is 1. The van der Waals surface area contributed by atoms with Crippen molar-refractivity contribution in [3.05, 3.63) is 66.6 Å². The summed E-state index contributed by atoms with van der Waals surface area (Å²) in [6, 6.07) is 8.75. The molecule has 1 N–H and O–H groups in total. The van der Waals surface area contributed by atoms with Crippen molar-refractivity contribution in [3.8, 4) is 0 Å². The highest BCUT2D eigenvalue weighted by Gasteiger charge is 2.15. The van der Waals surface area contributed by atoms with Crippen LogP contribution in [0.1, 0.15) is 10.4 Å². The fourth-order valence-corrected chi connectivity index (χ4v) is 2.67. The molecule has 0 spiro atoms. The van der Waals surface area contributed by atoms with Gasteiger partial charge in [-0.2, -0.15) is 0 Å². The van der Waals surface area contributed by atoms with Crippen LogP contribution in [0.3, 0.4) is 0 Å². The first kappa shape index (κ1) is 15.8. The van der Waals surface area contributed by atoms with Crippen LogP contribution in [0.15, 0.2) is 40.9 Å². The van der Waals surface area contributed by atoms with Crippen molar-refractivity contribution in [3.63, 3.8) is 0 Å². The third-order valence-electron chi connectivity index (χ3n) is 2.53. The number of hydrogen-bond acceptors (Lipinski definition) is 3. The van der Waals surface area contributed by atoms with E-state index in [-0.39, 0.29) is 16.4 Å². The Kier molecular flexibility index (Phi) is 4.82. The Hall–Kier alpha value is -1.63. The van der Waals surface area contributed by atoms with E-state index in [1.54, 1.807) is 12.1 Å². The molecule has 2 rings (SSSR count). The molecule has 0 aliphatic carbocycles. The molecule has 0 atom stereocenters. The van der Waals surface area contributed by atoms with Gasteiger partial charge in [0.05, 0.1) is 4.92 Å². The second-order valence-corrected chi connectivity index (χ2v) is 5.79. The van der Waals surface area contributed by atoms with Gasteiger partial charge in [-0.25, -0.2) is 0 Å². The van der Waals surface area contributed by atoms with Gasteiger partial charge in [0.25, 0.3) is 11.6 Å². The van der Waals surface area contributed by atoms with Gasteiger partial charge in [0.15, 0.2) is 0 Å². The number of anilines is 1. The zero-order chi connectivity index (χ0) is 15.6. The minimum atomic E-state index is -0.617. The summed E-state index contributed by atoms with van der Waals surface area (Å²) in [5.41, 5.74) is 0.320. The zero-order valence-electron chi connectivity index (χ0n) is 10.3. The highest BCUT2D eigenvalue weighted by atomic mass is 79.9. The largest absolute Gasteiger partial charge is 0.322 e. The minimum Gasteiger partial charge on any atom is -0.322 e. The van der Waals surface area contributed by atoms with Crippen molar-refractivity contribution < 1.29 is 9.72 Å². The fraction of sp³-hybridized carbons (Fsp3) is 0. The average molecular weight is 390 g/mol. The quantitative estimate of drug-likeness (QED) is 0.598. The number of nitrogens with zero attached hydrogens (tertiary/aromatic N) is 1. The Labute approximate surface area is 138 Å². The molecular weight excluding hydrogens is 383 g/mol. The SMILES string of the molecule is O=C(Nc1ccc(Cl)c([N+](=O)[O-])c1)c1cc(Cl)cc(Br)c1. The lowest BCUT2D eigenvalue weighted by molar-refractivity contribution is -0.384. The molecular formula is C13H7BrCl2N2O3. The van der Waals surface area contributed by atoms with Crippen LogP contribution in [-0.4, -0.2) is 10.8 Å². The van der Waals surface area contributed by atoms with Gasteiger partial charge in [-0.1, -0.05) is 39.1 Å². The van der Waals surface area contributed by atoms with Crippen molar-refractivity contribution in [2.24, 2.45) is 0 Å². The first-order valence-electron chi connectivity index (χ1n) is 5.58. The molecule has 108 valence electrons. The summed E-state index contributed by atoms with van der Waals surface area (Å²) in [4.78, 5) is 22.3. The molecule has 2 aromatic rings. The summed E-state index contributed by atoms with van der Waals surface area (Å²) >= 11 is 14.8. The van der Waals surface area contributed by atoms with Gasteiger partial charge in [-0.3, -0.25) is 14.9 Å². The average Bonchev–Trinajstić information content (AvgIpc) is 2.39. The van der Waals surface area contributed by atoms with Gasteiger partial charge in [0.2, 0.25) is 0 Å². The number of nitrogens with one attached hydrogen (secondary N) is 1. The second-order valence-electron chi connectivity index (χ2n) is 4.04. The lowest BCUT2D eigenvalue weighted by atomic mass is 10.2. The monoisotopic (exact) mass is 388 g/mol. The van der Waals surface area contributed by atoms with E-state index in [0.29, 0.717) is 15.1 Å². The predicted octanol–water partition coefficient (Wildman–Crippen LogP) is 4.92. The Morgan fingerprint density at radius 2 is 1.90 bits per heavy atom. The van der Waals surface area contributed by atoms with E-state index >= 15 is 0 Å². The molecule has 1 amide bonds. The minimum absolute atomic E-state index is 0.00324. The van der Waals surface area contributed by atoms with Crippen LogP contribution in [0.4, 0.5) is 11.4 Å². The number of rotatable bonds is 3. The van der Waals surface area contributed by atoms with E-state index in [4.69, 9.17) is 23.2 Å². The van der Waals surface area contributed by atoms with Crippen molar-refractivity contribution in [1.29, 1.82) is 0 Å². The number of carbonyl (C=O) groups is 1. The molecule has 8 heteroatoms. The summed E-state index contributed by atoms with van der Waals surface area (Å²) in [6.07, 6.45) is 0. The van der Waals surface area contributed by atoms with Crippen molar-refractivity contribution in [2.75, 3.05) is 5.32 Å². The molecule has 0 heterocycles. The smallest absolute Gasteiger partial charge is 0.289 e. The van der Waals surface area contributed by atoms with Gasteiger partial charge >= 0.3 is 0 Å². The predicted molar refractivity (Wildman–Crippen MR) is 85.2 cm³/mol. The number of halogens is 3. The topological polar surface area (TPSA) is 72.2 Å². The van der Waals surface area contributed by atoms with E-state index in [1.807, 2.05) is 0 Å². The molecule has 0 aromatic heterocycles. The van der Waals surface area contributed by atoms with Crippen LogP contribution in [0.2, 0.25) is 10.0 Å². The van der Waals surface area contributed by atoms with Crippen LogP contribution < -0.4 is 5.32 Å². The molecule has 0 aliphatic heterocycles. The lowest BCUT2D eigenvalue weighted by Crippen LogP contribution is -2.12. The van der Waals surface area contributed by atoms with Crippen LogP contribution >= 0.6 is 39.1 Å². The van der Waals surface area contributed by atoms with E-state index in [1.165, 1.54) is 24.3 Å². The third kappa shape index (κ3) is 3.93. The molecule has 0 bridgehead atoms. The second kappa shape index (κ2) is 6.43. The highest BCUT2D eigenvalue weighted by Crippen LogP contribution is 2.28. The van der Waals surface area contributed by atoms with E-state index in [2.05, 4.69) is 21.2 Å². The Morgan fingerprint density at radius 1 is 1.19 bits per heavy atom. The van der Waals surface area contributed by atoms with Crippen LogP contribution in [0.25, 0.3) is 0 Å². The lowest BCUT2D eigenvalue weighted by Gasteiger charge is -2.06. The molecule has 0 saturated carbocycles. The van der Waals surface area contributed by atoms with E-state index in [0.717, 1.165) is 0 Å². The van der Waals surface area contributed by atoms with Gasteiger partial charge in [0.1, 0.15) is 5.02 Å². The Bertz CT molecular complexity index is 717. The van der Waals surface area contributed by atoms with Gasteiger partial charge in [-0.15, -0.1) is 0 Å². The summed E-state index contributed by atoms with van der Waals surface area (Å²) in [6.45, 7) is 0. The molecule has 0 fully saturated rings. The van der Waals surface area contributed by atoms with Crippen molar-refractivity contribution in [1.82, 2.24) is 0 Å². The van der Waals surface area contributed by atoms with Gasteiger partial charge < -0.3 is 5.32 Å². The fourth-order valence-electron chi connectivity index (χ4n) is 1.62. The number of carbonyl (C=O) groups excluding carboxylic acids is 1. The number of hydrogen-bond donors (Lipinski definition) is 1. The summed E-state index contributed by atoms with van der Waals surface area (Å²) in [7, 11) is 0. The normalized spacial score (nSPS) is 10.2. The highest BCUT2D eigenvalue weighted by molar-refractivity contribution is 9.10. The summed E-state index contributed by atoms with van der Waals surface area (Å²) < 4.78 is 0.655. The number of benzene rings is 2. The van der Waals surface area contributed by atoms with Gasteiger partial charge in [-0.05, 0) is 30.3 Å². The van der Waals surface area contributed by atoms with Crippen LogP contribution in [0.5, 0.6) is 0 Å². The maximum absolute atomic E-state index is 12.1. The summed E-state index contributed by atoms with van der Waals surface area (Å²) in [5.74, 6) is -0.435. The first-order valence-corrected chi connectivity index (χ1v) is 7.13. The molecule has 21 heavy (non-hydrogen) atoms. The van der Waals surface area contributed by atoms with Crippen LogP contribution in [0, 0.1) is 10.1 Å². The van der Waals surface area contributed by atoms with E-state index < -0.39 is 10.8 Å². The molecule has 2 aromatic carbocycles. The van der Waals surface area contributed by atoms with Crippen molar-refractivity contribution in [2.45, 2.75) is 0 Å². The Balaban J connectivity index is 2.27. The molecule has 5 nitrogen and oxygen atoms in total. The third-order valence-corrected chi connectivity index (χ3v) is 3.52. The van der Waals surface area contributed by atoms with E-state index in [9.17, 15) is 14.9 Å². The summed E-state index contributed by atoms with van der Waals surface area (Å²) in [5, 5.41) is 13.8. The van der Waals surface area contributed by atoms with Crippen LogP contribution in [-0.2, 0) is 0 Å². The van der Waals surface area contributed by atoms with Crippen molar-refractivity contribution >= 4 is 56.4 Å². The maximum atomic E-state index is 12.1. The van der Waals surface area contributed by atoms with Gasteiger partial charge in [0, 0.05) is 26.8 Å². The molecule has 0 radical (unpaired) electrons. The molecule has 0 unspecified atom stereocenters.